The number of nitrogens with zero attached hydrogens (tertiary/aromatic N) is 4. The minimum atomic E-state index is 0.196. The molecule has 0 atom stereocenters. The van der Waals surface area contributed by atoms with E-state index in [0.29, 0.717) is 12.2 Å². The van der Waals surface area contributed by atoms with Gasteiger partial charge in [-0.3, -0.25) is 9.78 Å². The van der Waals surface area contributed by atoms with Gasteiger partial charge in [0.2, 0.25) is 5.91 Å². The molecule has 29 heavy (non-hydrogen) atoms. The van der Waals surface area contributed by atoms with Crippen LogP contribution in [-0.4, -0.2) is 66.0 Å². The molecule has 1 aliphatic rings. The maximum absolute atomic E-state index is 12.7. The first-order valence-electron chi connectivity index (χ1n) is 9.89. The number of pyridine rings is 2. The summed E-state index contributed by atoms with van der Waals surface area (Å²) in [6.45, 7) is 5.57. The van der Waals surface area contributed by atoms with E-state index in [1.54, 1.807) is 19.5 Å². The fourth-order valence-corrected chi connectivity index (χ4v) is 3.71. The van der Waals surface area contributed by atoms with Gasteiger partial charge in [-0.2, -0.15) is 0 Å². The lowest BCUT2D eigenvalue weighted by molar-refractivity contribution is -0.132. The van der Waals surface area contributed by atoms with Crippen molar-refractivity contribution in [1.29, 1.82) is 0 Å². The lowest BCUT2D eigenvalue weighted by atomic mass is 10.0. The highest BCUT2D eigenvalue weighted by molar-refractivity contribution is 5.87. The fourth-order valence-electron chi connectivity index (χ4n) is 3.71. The van der Waals surface area contributed by atoms with Crippen LogP contribution in [0.3, 0.4) is 0 Å². The number of fused-ring (bicyclic) bond motifs is 1. The number of rotatable bonds is 4. The SMILES string of the molecule is COc1cncc(-c2cc(C)c3cc(CC(=O)N4CCN(C)CC4)ccc3n2)c1. The number of piperazine rings is 1. The second-order valence-electron chi connectivity index (χ2n) is 7.65. The number of amides is 1. The third-order valence-electron chi connectivity index (χ3n) is 5.54. The Morgan fingerprint density at radius 2 is 1.90 bits per heavy atom. The van der Waals surface area contributed by atoms with Crippen molar-refractivity contribution in [2.45, 2.75) is 13.3 Å². The van der Waals surface area contributed by atoms with E-state index < -0.39 is 0 Å². The van der Waals surface area contributed by atoms with Gasteiger partial charge in [0.1, 0.15) is 5.75 Å². The molecular weight excluding hydrogens is 364 g/mol. The third-order valence-corrected chi connectivity index (χ3v) is 5.54. The van der Waals surface area contributed by atoms with E-state index in [9.17, 15) is 4.79 Å². The molecule has 0 N–H and O–H groups in total. The summed E-state index contributed by atoms with van der Waals surface area (Å²) >= 11 is 0. The summed E-state index contributed by atoms with van der Waals surface area (Å²) in [6.07, 6.45) is 3.90. The Morgan fingerprint density at radius 3 is 2.66 bits per heavy atom. The first-order valence-corrected chi connectivity index (χ1v) is 9.89. The van der Waals surface area contributed by atoms with Crippen molar-refractivity contribution < 1.29 is 9.53 Å². The third kappa shape index (κ3) is 4.22. The molecule has 6 heteroatoms. The second-order valence-corrected chi connectivity index (χ2v) is 7.65. The maximum atomic E-state index is 12.7. The van der Waals surface area contributed by atoms with E-state index in [4.69, 9.17) is 9.72 Å². The molecular formula is C23H26N4O2. The van der Waals surface area contributed by atoms with Gasteiger partial charge < -0.3 is 14.5 Å². The number of benzene rings is 1. The van der Waals surface area contributed by atoms with Crippen LogP contribution in [-0.2, 0) is 11.2 Å². The highest BCUT2D eigenvalue weighted by Crippen LogP contribution is 2.27. The molecule has 1 amide bonds. The Hall–Kier alpha value is -2.99. The van der Waals surface area contributed by atoms with E-state index in [1.165, 1.54) is 0 Å². The summed E-state index contributed by atoms with van der Waals surface area (Å²) < 4.78 is 5.27. The normalized spacial score (nSPS) is 14.9. The van der Waals surface area contributed by atoms with Crippen molar-refractivity contribution in [3.05, 3.63) is 53.9 Å². The zero-order chi connectivity index (χ0) is 20.4. The fraction of sp³-hybridized carbons (Fsp3) is 0.348. The molecule has 150 valence electrons. The average Bonchev–Trinajstić information content (AvgIpc) is 2.74. The summed E-state index contributed by atoms with van der Waals surface area (Å²) in [4.78, 5) is 25.9. The molecule has 0 aliphatic carbocycles. The first kappa shape index (κ1) is 19.3. The summed E-state index contributed by atoms with van der Waals surface area (Å²) in [6, 6.07) is 10.1. The molecule has 1 aromatic carbocycles. The van der Waals surface area contributed by atoms with Gasteiger partial charge in [-0.1, -0.05) is 6.07 Å². The Morgan fingerprint density at radius 1 is 1.10 bits per heavy atom. The van der Waals surface area contributed by atoms with Crippen LogP contribution in [0.5, 0.6) is 5.75 Å². The number of methoxy groups -OCH3 is 1. The average molecular weight is 390 g/mol. The van der Waals surface area contributed by atoms with Crippen LogP contribution < -0.4 is 4.74 Å². The van der Waals surface area contributed by atoms with Crippen molar-refractivity contribution >= 4 is 16.8 Å². The van der Waals surface area contributed by atoms with Gasteiger partial charge in [-0.15, -0.1) is 0 Å². The number of aryl methyl sites for hydroxylation is 1. The molecule has 0 saturated carbocycles. The summed E-state index contributed by atoms with van der Waals surface area (Å²) in [5, 5.41) is 1.08. The topological polar surface area (TPSA) is 58.6 Å². The monoisotopic (exact) mass is 390 g/mol. The molecule has 0 bridgehead atoms. The highest BCUT2D eigenvalue weighted by Gasteiger charge is 2.19. The summed E-state index contributed by atoms with van der Waals surface area (Å²) in [5.41, 5.74) is 4.86. The molecule has 3 heterocycles. The van der Waals surface area contributed by atoms with Crippen molar-refractivity contribution in [3.63, 3.8) is 0 Å². The minimum absolute atomic E-state index is 0.196. The number of aromatic nitrogens is 2. The smallest absolute Gasteiger partial charge is 0.227 e. The number of hydrogen-bond donors (Lipinski definition) is 0. The van der Waals surface area contributed by atoms with Crippen LogP contribution in [0, 0.1) is 6.92 Å². The maximum Gasteiger partial charge on any atom is 0.227 e. The van der Waals surface area contributed by atoms with Crippen molar-refractivity contribution in [1.82, 2.24) is 19.8 Å². The lowest BCUT2D eigenvalue weighted by Crippen LogP contribution is -2.47. The quantitative estimate of drug-likeness (QED) is 0.686. The predicted molar refractivity (Wildman–Crippen MR) is 114 cm³/mol. The molecule has 4 rings (SSSR count). The Bertz CT molecular complexity index is 1040. The van der Waals surface area contributed by atoms with Gasteiger partial charge in [-0.25, -0.2) is 4.98 Å². The van der Waals surface area contributed by atoms with Gasteiger partial charge >= 0.3 is 0 Å². The van der Waals surface area contributed by atoms with Crippen molar-refractivity contribution in [3.8, 4) is 17.0 Å². The Balaban J connectivity index is 1.58. The number of likely N-dealkylation sites (N-methyl/N-ethyl adjacent to an activating group) is 1. The van der Waals surface area contributed by atoms with E-state index in [0.717, 1.165) is 59.5 Å². The zero-order valence-corrected chi connectivity index (χ0v) is 17.2. The number of carbonyl (C=O) groups excluding carboxylic acids is 1. The molecule has 1 aliphatic heterocycles. The van der Waals surface area contributed by atoms with E-state index in [1.807, 2.05) is 23.1 Å². The van der Waals surface area contributed by atoms with E-state index in [2.05, 4.69) is 36.0 Å². The molecule has 0 unspecified atom stereocenters. The largest absolute Gasteiger partial charge is 0.495 e. The van der Waals surface area contributed by atoms with Crippen molar-refractivity contribution in [2.24, 2.45) is 0 Å². The summed E-state index contributed by atoms with van der Waals surface area (Å²) in [5.74, 6) is 0.905. The van der Waals surface area contributed by atoms with Crippen LogP contribution in [0.2, 0.25) is 0 Å². The number of carbonyl (C=O) groups is 1. The number of ether oxygens (including phenoxy) is 1. The van der Waals surface area contributed by atoms with Crippen molar-refractivity contribution in [2.75, 3.05) is 40.3 Å². The molecule has 0 radical (unpaired) electrons. The van der Waals surface area contributed by atoms with E-state index in [-0.39, 0.29) is 5.91 Å². The lowest BCUT2D eigenvalue weighted by Gasteiger charge is -2.32. The molecule has 3 aromatic rings. The van der Waals surface area contributed by atoms with Crippen LogP contribution in [0.15, 0.2) is 42.7 Å². The predicted octanol–water partition coefficient (Wildman–Crippen LogP) is 2.93. The van der Waals surface area contributed by atoms with Crippen LogP contribution in [0.1, 0.15) is 11.1 Å². The molecule has 1 fully saturated rings. The minimum Gasteiger partial charge on any atom is -0.495 e. The van der Waals surface area contributed by atoms with Gasteiger partial charge in [0.05, 0.1) is 30.9 Å². The Kier molecular flexibility index (Phi) is 5.45. The van der Waals surface area contributed by atoms with Gasteiger partial charge in [-0.05, 0) is 49.4 Å². The Labute approximate surface area is 171 Å². The molecule has 2 aromatic heterocycles. The second kappa shape index (κ2) is 8.17. The zero-order valence-electron chi connectivity index (χ0n) is 17.2. The van der Waals surface area contributed by atoms with E-state index >= 15 is 0 Å². The van der Waals surface area contributed by atoms with Crippen LogP contribution in [0.25, 0.3) is 22.2 Å². The molecule has 1 saturated heterocycles. The van der Waals surface area contributed by atoms with Gasteiger partial charge in [0, 0.05) is 43.3 Å². The van der Waals surface area contributed by atoms with Gasteiger partial charge in [0.25, 0.3) is 0 Å². The van der Waals surface area contributed by atoms with Gasteiger partial charge in [0.15, 0.2) is 0 Å². The number of hydrogen-bond acceptors (Lipinski definition) is 5. The van der Waals surface area contributed by atoms with Crippen LogP contribution >= 0.6 is 0 Å². The molecule has 0 spiro atoms. The standard InChI is InChI=1S/C23H26N4O2/c1-16-10-22(18-13-19(29-3)15-24-14-18)25-21-5-4-17(11-20(16)21)12-23(28)27-8-6-26(2)7-9-27/h4-5,10-11,13-15H,6-9,12H2,1-3H3. The first-order chi connectivity index (χ1) is 14.0. The molecule has 6 nitrogen and oxygen atoms in total. The summed E-state index contributed by atoms with van der Waals surface area (Å²) in [7, 11) is 3.72. The van der Waals surface area contributed by atoms with Crippen LogP contribution in [0.4, 0.5) is 0 Å². The highest BCUT2D eigenvalue weighted by atomic mass is 16.5.